The van der Waals surface area contributed by atoms with Crippen LogP contribution in [0.15, 0.2) is 57.2 Å². The molecule has 0 fully saturated rings. The van der Waals surface area contributed by atoms with Gasteiger partial charge in [-0.1, -0.05) is 90.3 Å². The van der Waals surface area contributed by atoms with Crippen molar-refractivity contribution < 1.29 is 27.5 Å². The molecule has 0 aliphatic carbocycles. The summed E-state index contributed by atoms with van der Waals surface area (Å²) in [4.78, 5) is 31.9. The number of sulfonamides is 1. The molecular weight excluding hydrogens is 647 g/mol. The first-order valence-corrected chi connectivity index (χ1v) is 20.0. The molecule has 2 atom stereocenters. The molecule has 11 heteroatoms. The molecular formula is C37H55N3O6S2. The maximum Gasteiger partial charge on any atom is 0.303 e. The van der Waals surface area contributed by atoms with Gasteiger partial charge in [0.25, 0.3) is 15.9 Å². The molecule has 0 spiro atoms. The Morgan fingerprint density at radius 2 is 1.69 bits per heavy atom. The van der Waals surface area contributed by atoms with E-state index in [1.807, 2.05) is 25.1 Å². The number of fused-ring (bicyclic) bond motifs is 1. The van der Waals surface area contributed by atoms with Gasteiger partial charge in [-0.15, -0.1) is 11.8 Å². The number of amidine groups is 1. The van der Waals surface area contributed by atoms with Crippen molar-refractivity contribution in [1.29, 1.82) is 0 Å². The fourth-order valence-corrected chi connectivity index (χ4v) is 8.21. The van der Waals surface area contributed by atoms with Crippen LogP contribution in [0.3, 0.4) is 0 Å². The Hall–Kier alpha value is -2.89. The number of unbranched alkanes of at least 4 members (excludes halogenated alkanes) is 6. The standard InChI is InChI=1S/C37H55N3O6S2/c1-6-9-11-12-13-16-25-47-33-22-21-28(4)26-32(33)39-37(42)35(46-29(5)41)36-38-31-19-14-15-20-34(31)48(43,44)40(36)23-17-24-45-27-30(8-3)18-10-7-2/h14-15,19-22,26,30,35H,6-13,16-18,23-25,27H2,1-5H3,(H,39,42). The van der Waals surface area contributed by atoms with E-state index < -0.39 is 28.0 Å². The van der Waals surface area contributed by atoms with Crippen molar-refractivity contribution in [2.75, 3.05) is 30.8 Å². The van der Waals surface area contributed by atoms with E-state index in [9.17, 15) is 18.0 Å². The second-order valence-corrected chi connectivity index (χ2v) is 15.4. The number of benzene rings is 2. The van der Waals surface area contributed by atoms with Crippen LogP contribution in [0.25, 0.3) is 0 Å². The Labute approximate surface area is 292 Å². The van der Waals surface area contributed by atoms with Crippen molar-refractivity contribution >= 4 is 50.9 Å². The third-order valence-corrected chi connectivity index (χ3v) is 11.4. The number of anilines is 1. The van der Waals surface area contributed by atoms with E-state index in [-0.39, 0.29) is 23.0 Å². The number of hydrogen-bond acceptors (Lipinski definition) is 8. The van der Waals surface area contributed by atoms with E-state index in [2.05, 4.69) is 31.1 Å². The van der Waals surface area contributed by atoms with E-state index in [1.54, 1.807) is 30.0 Å². The summed E-state index contributed by atoms with van der Waals surface area (Å²) in [5.74, 6) is -0.184. The lowest BCUT2D eigenvalue weighted by Crippen LogP contribution is -2.51. The van der Waals surface area contributed by atoms with Gasteiger partial charge in [-0.05, 0) is 67.7 Å². The number of nitrogens with one attached hydrogen (secondary N) is 1. The molecule has 1 N–H and O–H groups in total. The van der Waals surface area contributed by atoms with Crippen LogP contribution in [0.4, 0.5) is 11.4 Å². The Bertz CT molecular complexity index is 1460. The highest BCUT2D eigenvalue weighted by atomic mass is 32.2. The highest BCUT2D eigenvalue weighted by molar-refractivity contribution is 7.99. The van der Waals surface area contributed by atoms with Crippen LogP contribution in [-0.2, 0) is 29.1 Å². The van der Waals surface area contributed by atoms with E-state index in [4.69, 9.17) is 9.47 Å². The van der Waals surface area contributed by atoms with Crippen molar-refractivity contribution in [3.8, 4) is 0 Å². The van der Waals surface area contributed by atoms with Gasteiger partial charge in [-0.25, -0.2) is 17.7 Å². The summed E-state index contributed by atoms with van der Waals surface area (Å²) in [6.45, 7) is 10.6. The van der Waals surface area contributed by atoms with Gasteiger partial charge in [0.1, 0.15) is 4.90 Å². The zero-order chi connectivity index (χ0) is 34.9. The first kappa shape index (κ1) is 39.5. The average Bonchev–Trinajstić information content (AvgIpc) is 3.06. The lowest BCUT2D eigenvalue weighted by atomic mass is 10.0. The summed E-state index contributed by atoms with van der Waals surface area (Å²) in [5.41, 5.74) is 1.73. The second-order valence-electron chi connectivity index (χ2n) is 12.5. The number of aryl methyl sites for hydroxylation is 1. The smallest absolute Gasteiger partial charge is 0.303 e. The number of rotatable bonds is 22. The Morgan fingerprint density at radius 3 is 2.42 bits per heavy atom. The Kier molecular flexibility index (Phi) is 17.0. The third kappa shape index (κ3) is 11.9. The quantitative estimate of drug-likeness (QED) is 0.0742. The number of esters is 1. The van der Waals surface area contributed by atoms with E-state index in [0.29, 0.717) is 31.2 Å². The molecule has 0 saturated carbocycles. The zero-order valence-electron chi connectivity index (χ0n) is 29.5. The Morgan fingerprint density at radius 1 is 0.958 bits per heavy atom. The molecule has 0 radical (unpaired) electrons. The minimum atomic E-state index is -4.11. The minimum absolute atomic E-state index is 0.0100. The fourth-order valence-electron chi connectivity index (χ4n) is 5.59. The van der Waals surface area contributed by atoms with Gasteiger partial charge in [0, 0.05) is 31.6 Å². The number of aliphatic imine (C=N–C) groups is 1. The van der Waals surface area contributed by atoms with Crippen molar-refractivity contribution in [2.24, 2.45) is 10.9 Å². The molecule has 0 saturated heterocycles. The molecule has 0 bridgehead atoms. The van der Waals surface area contributed by atoms with E-state index >= 15 is 0 Å². The van der Waals surface area contributed by atoms with Crippen molar-refractivity contribution in [3.63, 3.8) is 0 Å². The Balaban J connectivity index is 1.83. The predicted molar refractivity (Wildman–Crippen MR) is 196 cm³/mol. The lowest BCUT2D eigenvalue weighted by molar-refractivity contribution is -0.148. The zero-order valence-corrected chi connectivity index (χ0v) is 31.1. The number of carbonyl (C=O) groups is 2. The summed E-state index contributed by atoms with van der Waals surface area (Å²) in [6.07, 6.45) is 10.3. The van der Waals surface area contributed by atoms with Gasteiger partial charge in [0.05, 0.1) is 11.4 Å². The van der Waals surface area contributed by atoms with Crippen LogP contribution in [0.2, 0.25) is 0 Å². The van der Waals surface area contributed by atoms with Gasteiger partial charge >= 0.3 is 5.97 Å². The molecule has 2 aromatic carbocycles. The molecule has 266 valence electrons. The van der Waals surface area contributed by atoms with Gasteiger partial charge < -0.3 is 14.8 Å². The average molecular weight is 702 g/mol. The van der Waals surface area contributed by atoms with Crippen LogP contribution < -0.4 is 5.32 Å². The number of hydrogen-bond donors (Lipinski definition) is 1. The fraction of sp³-hybridized carbons (Fsp3) is 0.595. The summed E-state index contributed by atoms with van der Waals surface area (Å²) in [5, 5.41) is 2.94. The van der Waals surface area contributed by atoms with Crippen LogP contribution >= 0.6 is 11.8 Å². The first-order chi connectivity index (χ1) is 23.1. The number of para-hydroxylation sites is 1. The lowest BCUT2D eigenvalue weighted by Gasteiger charge is -2.33. The third-order valence-electron chi connectivity index (χ3n) is 8.38. The monoisotopic (exact) mass is 701 g/mol. The number of thioether (sulfide) groups is 1. The number of ether oxygens (including phenoxy) is 2. The largest absolute Gasteiger partial charge is 0.444 e. The molecule has 9 nitrogen and oxygen atoms in total. The predicted octanol–water partition coefficient (Wildman–Crippen LogP) is 8.68. The summed E-state index contributed by atoms with van der Waals surface area (Å²) in [7, 11) is -4.11. The summed E-state index contributed by atoms with van der Waals surface area (Å²) >= 11 is 1.66. The van der Waals surface area contributed by atoms with Crippen LogP contribution in [-0.4, -0.2) is 62.1 Å². The molecule has 48 heavy (non-hydrogen) atoms. The molecule has 1 aliphatic heterocycles. The molecule has 2 unspecified atom stereocenters. The maximum atomic E-state index is 14.0. The second kappa shape index (κ2) is 20.6. The number of amides is 1. The number of nitrogens with zero attached hydrogens (tertiary/aromatic N) is 2. The van der Waals surface area contributed by atoms with E-state index in [1.165, 1.54) is 38.7 Å². The van der Waals surface area contributed by atoms with Crippen LogP contribution in [0.5, 0.6) is 0 Å². The van der Waals surface area contributed by atoms with Gasteiger partial charge in [0.2, 0.25) is 6.10 Å². The van der Waals surface area contributed by atoms with Gasteiger partial charge in [-0.2, -0.15) is 0 Å². The highest BCUT2D eigenvalue weighted by Crippen LogP contribution is 2.34. The van der Waals surface area contributed by atoms with Crippen LogP contribution in [0.1, 0.15) is 104 Å². The molecule has 1 amide bonds. The highest BCUT2D eigenvalue weighted by Gasteiger charge is 2.41. The number of carbonyl (C=O) groups excluding carboxylic acids is 2. The normalized spacial score (nSPS) is 14.9. The molecule has 0 aromatic heterocycles. The summed E-state index contributed by atoms with van der Waals surface area (Å²) < 4.78 is 40.6. The topological polar surface area (TPSA) is 114 Å². The molecule has 2 aromatic rings. The van der Waals surface area contributed by atoms with Crippen LogP contribution in [0, 0.1) is 12.8 Å². The molecule has 3 rings (SSSR count). The minimum Gasteiger partial charge on any atom is -0.444 e. The maximum absolute atomic E-state index is 14.0. The molecule has 1 aliphatic rings. The van der Waals surface area contributed by atoms with Gasteiger partial charge in [-0.3, -0.25) is 9.59 Å². The first-order valence-electron chi connectivity index (χ1n) is 17.6. The van der Waals surface area contributed by atoms with Crippen molar-refractivity contribution in [2.45, 2.75) is 121 Å². The van der Waals surface area contributed by atoms with Gasteiger partial charge in [0.15, 0.2) is 5.84 Å². The van der Waals surface area contributed by atoms with Crippen molar-refractivity contribution in [3.05, 3.63) is 48.0 Å². The van der Waals surface area contributed by atoms with Crippen molar-refractivity contribution in [1.82, 2.24) is 4.31 Å². The SMILES string of the molecule is CCCCCCCCSc1ccc(C)cc1NC(=O)C(OC(C)=O)C1=Nc2ccccc2S(=O)(=O)N1CCCOCC(CC)CCCC. The summed E-state index contributed by atoms with van der Waals surface area (Å²) in [6, 6.07) is 12.2. The molecule has 1 heterocycles. The van der Waals surface area contributed by atoms with E-state index in [0.717, 1.165) is 59.0 Å².